The van der Waals surface area contributed by atoms with E-state index in [1.807, 2.05) is 27.7 Å². The third-order valence-corrected chi connectivity index (χ3v) is 6.07. The van der Waals surface area contributed by atoms with Crippen LogP contribution in [0.5, 0.6) is 0 Å². The predicted octanol–water partition coefficient (Wildman–Crippen LogP) is 0.880. The van der Waals surface area contributed by atoms with Crippen molar-refractivity contribution in [3.8, 4) is 0 Å². The molecule has 0 saturated carbocycles. The molecular formula is C14H25NO4S. The Hall–Kier alpha value is -0.460. The van der Waals surface area contributed by atoms with Gasteiger partial charge in [0.05, 0.1) is 23.0 Å². The molecule has 2 fully saturated rings. The van der Waals surface area contributed by atoms with Gasteiger partial charge in [0.15, 0.2) is 15.6 Å². The summed E-state index contributed by atoms with van der Waals surface area (Å²) < 4.78 is 29.1. The standard InChI is InChI=1S/C14H25NO4S/c1-13(2)11(12(16)14(3,4)19-13)10-15-6-5-8-20(17,18)9-7-15/h11H,5-10H2,1-4H3. The van der Waals surface area contributed by atoms with Crippen molar-refractivity contribution in [3.05, 3.63) is 0 Å². The molecule has 6 heteroatoms. The number of rotatable bonds is 2. The Morgan fingerprint density at radius 2 is 1.85 bits per heavy atom. The topological polar surface area (TPSA) is 63.7 Å². The lowest BCUT2D eigenvalue weighted by atomic mass is 9.85. The molecule has 2 heterocycles. The van der Waals surface area contributed by atoms with E-state index in [-0.39, 0.29) is 23.2 Å². The van der Waals surface area contributed by atoms with E-state index in [0.29, 0.717) is 19.5 Å². The zero-order valence-electron chi connectivity index (χ0n) is 12.8. The first-order valence-electron chi connectivity index (χ1n) is 7.21. The van der Waals surface area contributed by atoms with Crippen LogP contribution in [0.1, 0.15) is 34.1 Å². The van der Waals surface area contributed by atoms with Crippen molar-refractivity contribution in [1.82, 2.24) is 4.90 Å². The average molecular weight is 303 g/mol. The Bertz CT molecular complexity index is 495. The van der Waals surface area contributed by atoms with Crippen molar-refractivity contribution in [2.75, 3.05) is 31.1 Å². The lowest BCUT2D eigenvalue weighted by molar-refractivity contribution is -0.132. The van der Waals surface area contributed by atoms with Gasteiger partial charge >= 0.3 is 0 Å². The van der Waals surface area contributed by atoms with Crippen molar-refractivity contribution in [1.29, 1.82) is 0 Å². The summed E-state index contributed by atoms with van der Waals surface area (Å²) in [6.45, 7) is 9.35. The lowest BCUT2D eigenvalue weighted by Gasteiger charge is -2.29. The average Bonchev–Trinajstić information content (AvgIpc) is 2.41. The van der Waals surface area contributed by atoms with Gasteiger partial charge in [0.25, 0.3) is 0 Å². The molecule has 0 aromatic rings. The molecule has 0 aromatic heterocycles. The van der Waals surface area contributed by atoms with E-state index in [1.54, 1.807) is 0 Å². The summed E-state index contributed by atoms with van der Waals surface area (Å²) in [6.07, 6.45) is 0.647. The number of Topliss-reactive ketones (excluding diaryl/α,β-unsaturated/α-hetero) is 1. The molecular weight excluding hydrogens is 278 g/mol. The summed E-state index contributed by atoms with van der Waals surface area (Å²) in [5, 5.41) is 0. The number of ether oxygens (including phenoxy) is 1. The highest BCUT2D eigenvalue weighted by molar-refractivity contribution is 7.91. The molecule has 0 radical (unpaired) electrons. The van der Waals surface area contributed by atoms with Crippen LogP contribution in [-0.4, -0.2) is 61.4 Å². The van der Waals surface area contributed by atoms with Crippen molar-refractivity contribution >= 4 is 15.6 Å². The van der Waals surface area contributed by atoms with E-state index in [1.165, 1.54) is 0 Å². The third kappa shape index (κ3) is 3.23. The summed E-state index contributed by atoms with van der Waals surface area (Å²) >= 11 is 0. The van der Waals surface area contributed by atoms with Crippen molar-refractivity contribution in [3.63, 3.8) is 0 Å². The number of hydrogen-bond donors (Lipinski definition) is 0. The van der Waals surface area contributed by atoms with Crippen LogP contribution in [-0.2, 0) is 19.4 Å². The number of hydrogen-bond acceptors (Lipinski definition) is 5. The summed E-state index contributed by atoms with van der Waals surface area (Å²) in [6, 6.07) is 0. The molecule has 2 saturated heterocycles. The summed E-state index contributed by atoms with van der Waals surface area (Å²) in [5.41, 5.74) is -1.24. The second-order valence-corrected chi connectivity index (χ2v) is 9.24. The fraction of sp³-hybridized carbons (Fsp3) is 0.929. The fourth-order valence-corrected chi connectivity index (χ4v) is 4.56. The van der Waals surface area contributed by atoms with Gasteiger partial charge in [-0.3, -0.25) is 4.79 Å². The summed E-state index contributed by atoms with van der Waals surface area (Å²) in [5.74, 6) is 0.374. The highest BCUT2D eigenvalue weighted by Gasteiger charge is 2.53. The molecule has 1 unspecified atom stereocenters. The molecule has 0 amide bonds. The minimum Gasteiger partial charge on any atom is -0.361 e. The van der Waals surface area contributed by atoms with Crippen LogP contribution < -0.4 is 0 Å². The van der Waals surface area contributed by atoms with Crippen LogP contribution in [0.25, 0.3) is 0 Å². The minimum absolute atomic E-state index is 0.120. The predicted molar refractivity (Wildman–Crippen MR) is 77.5 cm³/mol. The Labute approximate surface area is 121 Å². The molecule has 2 rings (SSSR count). The Morgan fingerprint density at radius 3 is 2.40 bits per heavy atom. The zero-order chi connectivity index (χ0) is 15.2. The molecule has 5 nitrogen and oxygen atoms in total. The van der Waals surface area contributed by atoms with Crippen LogP contribution in [0, 0.1) is 5.92 Å². The van der Waals surface area contributed by atoms with E-state index in [9.17, 15) is 13.2 Å². The van der Waals surface area contributed by atoms with Crippen LogP contribution in [0.4, 0.5) is 0 Å². The van der Waals surface area contributed by atoms with Gasteiger partial charge in [0, 0.05) is 13.1 Å². The number of carbonyl (C=O) groups excluding carboxylic acids is 1. The van der Waals surface area contributed by atoms with Crippen LogP contribution in [0.2, 0.25) is 0 Å². The third-order valence-electron chi connectivity index (χ3n) is 4.36. The highest BCUT2D eigenvalue weighted by Crippen LogP contribution is 2.39. The van der Waals surface area contributed by atoms with E-state index in [4.69, 9.17) is 4.74 Å². The van der Waals surface area contributed by atoms with Gasteiger partial charge in [-0.05, 0) is 40.7 Å². The van der Waals surface area contributed by atoms with Crippen LogP contribution in [0.15, 0.2) is 0 Å². The van der Waals surface area contributed by atoms with Crippen LogP contribution >= 0.6 is 0 Å². The van der Waals surface area contributed by atoms with E-state index < -0.39 is 21.0 Å². The second-order valence-electron chi connectivity index (χ2n) is 6.94. The first-order chi connectivity index (χ1) is 9.04. The molecule has 0 N–H and O–H groups in total. The maximum absolute atomic E-state index is 12.5. The molecule has 1 atom stereocenters. The van der Waals surface area contributed by atoms with E-state index in [0.717, 1.165) is 6.54 Å². The Kier molecular flexibility index (Phi) is 4.04. The monoisotopic (exact) mass is 303 g/mol. The maximum Gasteiger partial charge on any atom is 0.171 e. The smallest absolute Gasteiger partial charge is 0.171 e. The van der Waals surface area contributed by atoms with Gasteiger partial charge in [-0.25, -0.2) is 8.42 Å². The first-order valence-corrected chi connectivity index (χ1v) is 9.03. The SMILES string of the molecule is CC1(C)OC(C)(C)C(CN2CCCS(=O)(=O)CC2)C1=O. The van der Waals surface area contributed by atoms with Crippen molar-refractivity contribution in [2.24, 2.45) is 5.92 Å². The second kappa shape index (κ2) is 5.07. The zero-order valence-corrected chi connectivity index (χ0v) is 13.6. The number of carbonyl (C=O) groups is 1. The Balaban J connectivity index is 2.08. The van der Waals surface area contributed by atoms with Crippen LogP contribution in [0.3, 0.4) is 0 Å². The van der Waals surface area contributed by atoms with E-state index in [2.05, 4.69) is 4.90 Å². The largest absolute Gasteiger partial charge is 0.361 e. The Morgan fingerprint density at radius 1 is 1.20 bits per heavy atom. The summed E-state index contributed by atoms with van der Waals surface area (Å²) in [7, 11) is -2.91. The number of nitrogens with zero attached hydrogens (tertiary/aromatic N) is 1. The molecule has 20 heavy (non-hydrogen) atoms. The normalized spacial score (nSPS) is 33.0. The number of ketones is 1. The van der Waals surface area contributed by atoms with Gasteiger partial charge < -0.3 is 9.64 Å². The van der Waals surface area contributed by atoms with Gasteiger partial charge in [0.1, 0.15) is 5.60 Å². The van der Waals surface area contributed by atoms with Gasteiger partial charge in [-0.1, -0.05) is 0 Å². The molecule has 116 valence electrons. The lowest BCUT2D eigenvalue weighted by Crippen LogP contribution is -2.42. The molecule has 2 aliphatic heterocycles. The minimum atomic E-state index is -2.91. The van der Waals surface area contributed by atoms with Crippen molar-refractivity contribution in [2.45, 2.75) is 45.3 Å². The highest BCUT2D eigenvalue weighted by atomic mass is 32.2. The van der Waals surface area contributed by atoms with Gasteiger partial charge in [0.2, 0.25) is 0 Å². The number of sulfone groups is 1. The maximum atomic E-state index is 12.5. The van der Waals surface area contributed by atoms with Crippen molar-refractivity contribution < 1.29 is 17.9 Å². The van der Waals surface area contributed by atoms with Gasteiger partial charge in [-0.2, -0.15) is 0 Å². The summed E-state index contributed by atoms with van der Waals surface area (Å²) in [4.78, 5) is 14.6. The molecule has 0 aromatic carbocycles. The van der Waals surface area contributed by atoms with Gasteiger partial charge in [-0.15, -0.1) is 0 Å². The molecule has 2 aliphatic rings. The fourth-order valence-electron chi connectivity index (χ4n) is 3.25. The molecule has 0 aliphatic carbocycles. The molecule has 0 bridgehead atoms. The quantitative estimate of drug-likeness (QED) is 0.758. The van der Waals surface area contributed by atoms with E-state index >= 15 is 0 Å². The first kappa shape index (κ1) is 15.9. The molecule has 0 spiro atoms.